The summed E-state index contributed by atoms with van der Waals surface area (Å²) >= 11 is 0. The minimum absolute atomic E-state index is 0.0375. The molecule has 1 aromatic heterocycles. The average molecular weight is 395 g/mol. The monoisotopic (exact) mass is 395 g/mol. The second-order valence-electron chi connectivity index (χ2n) is 6.69. The largest absolute Gasteiger partial charge is 0.486 e. The van der Waals surface area contributed by atoms with E-state index in [1.54, 1.807) is 24.5 Å². The number of hydrogen-bond donors (Lipinski definition) is 1. The van der Waals surface area contributed by atoms with E-state index in [9.17, 15) is 9.59 Å². The lowest BCUT2D eigenvalue weighted by molar-refractivity contribution is -0.146. The second-order valence-corrected chi connectivity index (χ2v) is 6.69. The third-order valence-electron chi connectivity index (χ3n) is 4.65. The Hall–Kier alpha value is -3.48. The summed E-state index contributed by atoms with van der Waals surface area (Å²) in [4.78, 5) is 24.2. The van der Waals surface area contributed by atoms with Gasteiger partial charge in [0.25, 0.3) is 5.91 Å². The van der Waals surface area contributed by atoms with Crippen molar-refractivity contribution in [3.05, 3.63) is 53.8 Å². The quantitative estimate of drug-likeness (QED) is 0.643. The van der Waals surface area contributed by atoms with Crippen molar-refractivity contribution >= 4 is 28.5 Å². The molecule has 1 amide bonds. The van der Waals surface area contributed by atoms with Gasteiger partial charge in [-0.25, -0.2) is 0 Å². The van der Waals surface area contributed by atoms with Crippen LogP contribution in [0.3, 0.4) is 0 Å². The van der Waals surface area contributed by atoms with Gasteiger partial charge < -0.3 is 23.9 Å². The van der Waals surface area contributed by atoms with Crippen LogP contribution in [0.1, 0.15) is 18.1 Å². The van der Waals surface area contributed by atoms with Crippen molar-refractivity contribution < 1.29 is 28.2 Å². The maximum atomic E-state index is 12.1. The van der Waals surface area contributed by atoms with Crippen molar-refractivity contribution in [2.75, 3.05) is 25.1 Å². The number of carbonyl (C=O) groups is 2. The van der Waals surface area contributed by atoms with Crippen molar-refractivity contribution in [2.45, 2.75) is 19.8 Å². The van der Waals surface area contributed by atoms with E-state index in [2.05, 4.69) is 12.2 Å². The molecular weight excluding hydrogens is 374 g/mol. The molecule has 7 heteroatoms. The third kappa shape index (κ3) is 4.34. The van der Waals surface area contributed by atoms with E-state index < -0.39 is 11.9 Å². The van der Waals surface area contributed by atoms with Crippen LogP contribution in [0, 0.1) is 0 Å². The van der Waals surface area contributed by atoms with E-state index in [1.807, 2.05) is 18.2 Å². The first-order valence-electron chi connectivity index (χ1n) is 9.46. The Morgan fingerprint density at radius 3 is 2.72 bits per heavy atom. The summed E-state index contributed by atoms with van der Waals surface area (Å²) in [6.07, 6.45) is 2.50. The number of nitrogens with one attached hydrogen (secondary N) is 1. The molecule has 0 fully saturated rings. The minimum Gasteiger partial charge on any atom is -0.486 e. The normalized spacial score (nSPS) is 12.6. The second kappa shape index (κ2) is 8.26. The van der Waals surface area contributed by atoms with Crippen LogP contribution in [-0.4, -0.2) is 31.7 Å². The molecule has 29 heavy (non-hydrogen) atoms. The van der Waals surface area contributed by atoms with Crippen molar-refractivity contribution in [3.63, 3.8) is 0 Å². The Morgan fingerprint density at radius 2 is 1.90 bits per heavy atom. The number of carbonyl (C=O) groups excluding carboxylic acids is 2. The lowest BCUT2D eigenvalue weighted by atomic mass is 10.1. The van der Waals surface area contributed by atoms with Gasteiger partial charge >= 0.3 is 5.97 Å². The van der Waals surface area contributed by atoms with Gasteiger partial charge in [-0.2, -0.15) is 0 Å². The van der Waals surface area contributed by atoms with E-state index >= 15 is 0 Å². The first kappa shape index (κ1) is 18.9. The van der Waals surface area contributed by atoms with Gasteiger partial charge in [-0.05, 0) is 30.2 Å². The molecule has 0 aliphatic carbocycles. The molecule has 4 rings (SSSR count). The zero-order valence-electron chi connectivity index (χ0n) is 16.0. The molecule has 3 aromatic rings. The molecule has 1 N–H and O–H groups in total. The Kier molecular flexibility index (Phi) is 5.37. The molecule has 1 aliphatic heterocycles. The lowest BCUT2D eigenvalue weighted by Crippen LogP contribution is -2.22. The molecule has 2 heterocycles. The number of amides is 1. The lowest BCUT2D eigenvalue weighted by Gasteiger charge is -2.19. The highest BCUT2D eigenvalue weighted by Crippen LogP contribution is 2.32. The zero-order chi connectivity index (χ0) is 20.2. The summed E-state index contributed by atoms with van der Waals surface area (Å²) in [5.41, 5.74) is 3.18. The smallest absolute Gasteiger partial charge is 0.310 e. The number of benzene rings is 2. The number of furan rings is 1. The Balaban J connectivity index is 1.31. The molecule has 1 aliphatic rings. The van der Waals surface area contributed by atoms with Crippen LogP contribution < -0.4 is 14.8 Å². The first-order chi connectivity index (χ1) is 14.1. The summed E-state index contributed by atoms with van der Waals surface area (Å²) in [5, 5.41) is 3.55. The van der Waals surface area contributed by atoms with Crippen LogP contribution in [0.2, 0.25) is 0 Å². The molecule has 0 spiro atoms. The van der Waals surface area contributed by atoms with Gasteiger partial charge in [-0.1, -0.05) is 19.1 Å². The highest BCUT2D eigenvalue weighted by atomic mass is 16.6. The van der Waals surface area contributed by atoms with Crippen LogP contribution in [0.5, 0.6) is 11.5 Å². The number of anilines is 1. The van der Waals surface area contributed by atoms with Crippen molar-refractivity contribution in [1.82, 2.24) is 0 Å². The van der Waals surface area contributed by atoms with Gasteiger partial charge in [-0.15, -0.1) is 0 Å². The summed E-state index contributed by atoms with van der Waals surface area (Å²) in [5.74, 6) is 0.285. The molecule has 0 saturated heterocycles. The predicted octanol–water partition coefficient (Wildman–Crippen LogP) is 3.49. The van der Waals surface area contributed by atoms with E-state index in [-0.39, 0.29) is 13.0 Å². The van der Waals surface area contributed by atoms with Gasteiger partial charge in [0, 0.05) is 22.7 Å². The van der Waals surface area contributed by atoms with Crippen LogP contribution in [0.15, 0.2) is 47.1 Å². The van der Waals surface area contributed by atoms with Crippen molar-refractivity contribution in [2.24, 2.45) is 0 Å². The Morgan fingerprint density at radius 1 is 1.07 bits per heavy atom. The molecule has 150 valence electrons. The molecule has 0 unspecified atom stereocenters. The van der Waals surface area contributed by atoms with Crippen LogP contribution in [0.4, 0.5) is 5.69 Å². The summed E-state index contributed by atoms with van der Waals surface area (Å²) in [7, 11) is 0. The number of rotatable bonds is 6. The molecule has 7 nitrogen and oxygen atoms in total. The molecule has 0 atom stereocenters. The van der Waals surface area contributed by atoms with Gasteiger partial charge in [0.1, 0.15) is 18.8 Å². The number of ether oxygens (including phenoxy) is 3. The molecule has 0 saturated carbocycles. The topological polar surface area (TPSA) is 87.0 Å². The van der Waals surface area contributed by atoms with E-state index in [1.165, 1.54) is 0 Å². The Bertz CT molecular complexity index is 1050. The van der Waals surface area contributed by atoms with Gasteiger partial charge in [0.15, 0.2) is 18.1 Å². The fourth-order valence-corrected chi connectivity index (χ4v) is 3.16. The van der Waals surface area contributed by atoms with Gasteiger partial charge in [-0.3, -0.25) is 9.59 Å². The van der Waals surface area contributed by atoms with E-state index in [0.717, 1.165) is 28.5 Å². The molecule has 0 bridgehead atoms. The number of esters is 1. The van der Waals surface area contributed by atoms with Crippen LogP contribution in [-0.2, 0) is 27.2 Å². The van der Waals surface area contributed by atoms with Crippen molar-refractivity contribution in [3.8, 4) is 11.5 Å². The fourth-order valence-electron chi connectivity index (χ4n) is 3.16. The SMILES string of the molecule is CCc1ccc2c(CC(=O)OCC(=O)Nc3ccc4c(c3)OCCO4)coc2c1. The number of aryl methyl sites for hydroxylation is 1. The predicted molar refractivity (Wildman–Crippen MR) is 106 cm³/mol. The van der Waals surface area contributed by atoms with Crippen LogP contribution >= 0.6 is 0 Å². The first-order valence-corrected chi connectivity index (χ1v) is 9.46. The maximum absolute atomic E-state index is 12.1. The van der Waals surface area contributed by atoms with Gasteiger partial charge in [0.2, 0.25) is 0 Å². The summed E-state index contributed by atoms with van der Waals surface area (Å²) < 4.78 is 21.6. The molecule has 2 aromatic carbocycles. The average Bonchev–Trinajstić information content (AvgIpc) is 3.14. The summed E-state index contributed by atoms with van der Waals surface area (Å²) in [6.45, 7) is 2.66. The van der Waals surface area contributed by atoms with Crippen LogP contribution in [0.25, 0.3) is 11.0 Å². The maximum Gasteiger partial charge on any atom is 0.310 e. The Labute approximate surface area is 167 Å². The van der Waals surface area contributed by atoms with Gasteiger partial charge in [0.05, 0.1) is 12.7 Å². The van der Waals surface area contributed by atoms with Crippen molar-refractivity contribution in [1.29, 1.82) is 0 Å². The minimum atomic E-state index is -0.496. The third-order valence-corrected chi connectivity index (χ3v) is 4.65. The standard InChI is InChI=1S/C22H21NO6/c1-2-14-3-5-17-15(12-28-19(17)9-14)10-22(25)29-13-21(24)23-16-4-6-18-20(11-16)27-8-7-26-18/h3-6,9,11-12H,2,7-8,10,13H2,1H3,(H,23,24). The highest BCUT2D eigenvalue weighted by Gasteiger charge is 2.15. The van der Waals surface area contributed by atoms with E-state index in [0.29, 0.717) is 30.4 Å². The number of hydrogen-bond acceptors (Lipinski definition) is 6. The van der Waals surface area contributed by atoms with E-state index in [4.69, 9.17) is 18.6 Å². The number of fused-ring (bicyclic) bond motifs is 2. The molecule has 0 radical (unpaired) electrons. The fraction of sp³-hybridized carbons (Fsp3) is 0.273. The molecular formula is C22H21NO6. The summed E-state index contributed by atoms with van der Waals surface area (Å²) in [6, 6.07) is 11.0. The highest BCUT2D eigenvalue weighted by molar-refractivity contribution is 5.93. The zero-order valence-corrected chi connectivity index (χ0v) is 16.0.